The quantitative estimate of drug-likeness (QED) is 0.723. The number of hydrogen-bond acceptors (Lipinski definition) is 1. The summed E-state index contributed by atoms with van der Waals surface area (Å²) < 4.78 is 1.17. The highest BCUT2D eigenvalue weighted by molar-refractivity contribution is 9.10. The van der Waals surface area contributed by atoms with E-state index in [4.69, 9.17) is 11.6 Å². The fraction of sp³-hybridized carbons (Fsp3) is 0.571. The smallest absolute Gasteiger partial charge is 0.0510 e. The average molecular weight is 317 g/mol. The third kappa shape index (κ3) is 3.17. The molecule has 0 bridgehead atoms. The van der Waals surface area contributed by atoms with E-state index in [0.29, 0.717) is 5.88 Å². The molecule has 17 heavy (non-hydrogen) atoms. The van der Waals surface area contributed by atoms with Crippen LogP contribution in [-0.4, -0.2) is 13.1 Å². The molecule has 1 heterocycles. The Kier molecular flexibility index (Phi) is 4.75. The molecule has 0 saturated carbocycles. The summed E-state index contributed by atoms with van der Waals surface area (Å²) in [6, 6.07) is 6.45. The standard InChI is InChI=1S/C14H19BrClN/c1-2-11-5-7-17(8-6-11)14-4-3-12(10-16)9-13(14)15/h3-4,9,11H,2,5-8,10H2,1H3. The van der Waals surface area contributed by atoms with Crippen LogP contribution < -0.4 is 4.90 Å². The van der Waals surface area contributed by atoms with E-state index in [1.165, 1.54) is 48.1 Å². The SMILES string of the molecule is CCC1CCN(c2ccc(CCl)cc2Br)CC1. The lowest BCUT2D eigenvalue weighted by Gasteiger charge is -2.34. The van der Waals surface area contributed by atoms with Crippen LogP contribution in [-0.2, 0) is 5.88 Å². The largest absolute Gasteiger partial charge is 0.371 e. The number of nitrogens with zero attached hydrogens (tertiary/aromatic N) is 1. The van der Waals surface area contributed by atoms with Crippen LogP contribution in [0.25, 0.3) is 0 Å². The summed E-state index contributed by atoms with van der Waals surface area (Å²) >= 11 is 9.50. The highest BCUT2D eigenvalue weighted by Crippen LogP contribution is 2.31. The zero-order chi connectivity index (χ0) is 12.3. The van der Waals surface area contributed by atoms with Crippen molar-refractivity contribution in [3.05, 3.63) is 28.2 Å². The van der Waals surface area contributed by atoms with Gasteiger partial charge in [-0.3, -0.25) is 0 Å². The number of halogens is 2. The number of alkyl halides is 1. The van der Waals surface area contributed by atoms with Gasteiger partial charge in [0.25, 0.3) is 0 Å². The summed E-state index contributed by atoms with van der Waals surface area (Å²) in [5.74, 6) is 1.50. The number of hydrogen-bond donors (Lipinski definition) is 0. The minimum absolute atomic E-state index is 0.580. The Bertz CT molecular complexity index is 372. The Morgan fingerprint density at radius 3 is 2.59 bits per heavy atom. The fourth-order valence-corrected chi connectivity index (χ4v) is 3.32. The summed E-state index contributed by atoms with van der Waals surface area (Å²) in [6.07, 6.45) is 3.96. The summed E-state index contributed by atoms with van der Waals surface area (Å²) in [5.41, 5.74) is 2.49. The van der Waals surface area contributed by atoms with Crippen molar-refractivity contribution >= 4 is 33.2 Å². The fourth-order valence-electron chi connectivity index (χ4n) is 2.47. The summed E-state index contributed by atoms with van der Waals surface area (Å²) in [4.78, 5) is 2.48. The third-order valence-corrected chi connectivity index (χ3v) is 4.64. The molecule has 1 saturated heterocycles. The van der Waals surface area contributed by atoms with Gasteiger partial charge in [0.2, 0.25) is 0 Å². The molecule has 1 aliphatic heterocycles. The van der Waals surface area contributed by atoms with Crippen molar-refractivity contribution in [2.75, 3.05) is 18.0 Å². The van der Waals surface area contributed by atoms with Gasteiger partial charge in [0, 0.05) is 23.4 Å². The minimum Gasteiger partial charge on any atom is -0.371 e. The Morgan fingerprint density at radius 2 is 2.06 bits per heavy atom. The Balaban J connectivity index is 2.08. The molecule has 0 aliphatic carbocycles. The van der Waals surface area contributed by atoms with Crippen LogP contribution in [0.4, 0.5) is 5.69 Å². The van der Waals surface area contributed by atoms with Gasteiger partial charge in [-0.05, 0) is 52.4 Å². The molecule has 0 atom stereocenters. The van der Waals surface area contributed by atoms with Crippen LogP contribution in [0.3, 0.4) is 0 Å². The van der Waals surface area contributed by atoms with E-state index in [0.717, 1.165) is 5.92 Å². The highest BCUT2D eigenvalue weighted by atomic mass is 79.9. The molecule has 0 spiro atoms. The lowest BCUT2D eigenvalue weighted by molar-refractivity contribution is 0.395. The van der Waals surface area contributed by atoms with Gasteiger partial charge >= 0.3 is 0 Å². The number of rotatable bonds is 3. The van der Waals surface area contributed by atoms with Crippen molar-refractivity contribution in [1.82, 2.24) is 0 Å². The molecule has 1 aromatic rings. The van der Waals surface area contributed by atoms with E-state index < -0.39 is 0 Å². The number of anilines is 1. The second-order valence-electron chi connectivity index (χ2n) is 4.76. The maximum Gasteiger partial charge on any atom is 0.0510 e. The van der Waals surface area contributed by atoms with Crippen LogP contribution in [0.1, 0.15) is 31.7 Å². The Labute approximate surface area is 117 Å². The lowest BCUT2D eigenvalue weighted by Crippen LogP contribution is -2.33. The molecule has 0 unspecified atom stereocenters. The first-order valence-electron chi connectivity index (χ1n) is 6.34. The molecule has 0 aromatic heterocycles. The van der Waals surface area contributed by atoms with Crippen molar-refractivity contribution in [2.24, 2.45) is 5.92 Å². The maximum atomic E-state index is 5.84. The maximum absolute atomic E-state index is 5.84. The zero-order valence-corrected chi connectivity index (χ0v) is 12.6. The van der Waals surface area contributed by atoms with Crippen LogP contribution in [0.5, 0.6) is 0 Å². The normalized spacial score (nSPS) is 17.5. The van der Waals surface area contributed by atoms with Crippen LogP contribution in [0, 0.1) is 5.92 Å². The van der Waals surface area contributed by atoms with Crippen LogP contribution in [0.2, 0.25) is 0 Å². The van der Waals surface area contributed by atoms with Gasteiger partial charge in [-0.1, -0.05) is 19.4 Å². The first kappa shape index (κ1) is 13.2. The Hall–Kier alpha value is -0.210. The molecule has 1 nitrogen and oxygen atoms in total. The van der Waals surface area contributed by atoms with Crippen molar-refractivity contribution in [3.63, 3.8) is 0 Å². The van der Waals surface area contributed by atoms with Crippen molar-refractivity contribution in [2.45, 2.75) is 32.1 Å². The number of piperidine rings is 1. The predicted molar refractivity (Wildman–Crippen MR) is 78.9 cm³/mol. The van der Waals surface area contributed by atoms with Gasteiger partial charge in [0.05, 0.1) is 5.69 Å². The second kappa shape index (κ2) is 6.10. The Morgan fingerprint density at radius 1 is 1.35 bits per heavy atom. The van der Waals surface area contributed by atoms with E-state index >= 15 is 0 Å². The highest BCUT2D eigenvalue weighted by Gasteiger charge is 2.19. The minimum atomic E-state index is 0.580. The summed E-state index contributed by atoms with van der Waals surface area (Å²) in [5, 5.41) is 0. The van der Waals surface area contributed by atoms with Crippen molar-refractivity contribution in [3.8, 4) is 0 Å². The van der Waals surface area contributed by atoms with E-state index in [1.54, 1.807) is 0 Å². The first-order valence-corrected chi connectivity index (χ1v) is 7.66. The lowest BCUT2D eigenvalue weighted by atomic mass is 9.94. The molecular weight excluding hydrogens is 298 g/mol. The molecule has 1 aromatic carbocycles. The monoisotopic (exact) mass is 315 g/mol. The predicted octanol–water partition coefficient (Wildman–Crippen LogP) is 4.81. The van der Waals surface area contributed by atoms with E-state index in [2.05, 4.69) is 46.0 Å². The molecule has 2 rings (SSSR count). The molecule has 0 amide bonds. The van der Waals surface area contributed by atoms with Crippen LogP contribution >= 0.6 is 27.5 Å². The molecule has 3 heteroatoms. The molecule has 1 aliphatic rings. The average Bonchev–Trinajstić information content (AvgIpc) is 2.39. The third-order valence-electron chi connectivity index (χ3n) is 3.70. The van der Waals surface area contributed by atoms with Gasteiger partial charge < -0.3 is 4.90 Å². The molecule has 0 N–H and O–H groups in total. The second-order valence-corrected chi connectivity index (χ2v) is 5.88. The van der Waals surface area contributed by atoms with Crippen molar-refractivity contribution < 1.29 is 0 Å². The molecule has 0 radical (unpaired) electrons. The van der Waals surface area contributed by atoms with E-state index in [-0.39, 0.29) is 0 Å². The van der Waals surface area contributed by atoms with E-state index in [9.17, 15) is 0 Å². The van der Waals surface area contributed by atoms with Gasteiger partial charge in [-0.2, -0.15) is 0 Å². The zero-order valence-electron chi connectivity index (χ0n) is 10.3. The van der Waals surface area contributed by atoms with Gasteiger partial charge in [-0.15, -0.1) is 11.6 Å². The van der Waals surface area contributed by atoms with Gasteiger partial charge in [-0.25, -0.2) is 0 Å². The topological polar surface area (TPSA) is 3.24 Å². The summed E-state index contributed by atoms with van der Waals surface area (Å²) in [7, 11) is 0. The van der Waals surface area contributed by atoms with Crippen LogP contribution in [0.15, 0.2) is 22.7 Å². The van der Waals surface area contributed by atoms with Gasteiger partial charge in [0.15, 0.2) is 0 Å². The number of benzene rings is 1. The molecular formula is C14H19BrClN. The van der Waals surface area contributed by atoms with E-state index in [1.807, 2.05) is 0 Å². The molecule has 94 valence electrons. The molecule has 1 fully saturated rings. The van der Waals surface area contributed by atoms with Gasteiger partial charge in [0.1, 0.15) is 0 Å². The first-order chi connectivity index (χ1) is 8.24. The summed E-state index contributed by atoms with van der Waals surface area (Å²) in [6.45, 7) is 4.65. The van der Waals surface area contributed by atoms with Crippen molar-refractivity contribution in [1.29, 1.82) is 0 Å².